The fourth-order valence-electron chi connectivity index (χ4n) is 2.15. The molecule has 1 atom stereocenters. The highest BCUT2D eigenvalue weighted by Gasteiger charge is 2.12. The summed E-state index contributed by atoms with van der Waals surface area (Å²) in [7, 11) is 1.68. The van der Waals surface area contributed by atoms with Gasteiger partial charge in [0, 0.05) is 24.3 Å². The second-order valence-corrected chi connectivity index (χ2v) is 4.66. The zero-order valence-electron chi connectivity index (χ0n) is 11.5. The fourth-order valence-corrected chi connectivity index (χ4v) is 2.15. The topological polar surface area (TPSA) is 53.1 Å². The Morgan fingerprint density at radius 1 is 1.37 bits per heavy atom. The van der Waals surface area contributed by atoms with Gasteiger partial charge in [0.1, 0.15) is 5.75 Å². The Morgan fingerprint density at radius 2 is 2.16 bits per heavy atom. The first-order valence-electron chi connectivity index (χ1n) is 6.64. The molecule has 2 aromatic rings. The van der Waals surface area contributed by atoms with E-state index in [1.807, 2.05) is 35.3 Å². The molecule has 1 aromatic heterocycles. The van der Waals surface area contributed by atoms with Crippen molar-refractivity contribution in [3.05, 3.63) is 47.8 Å². The monoisotopic (exact) mass is 259 g/mol. The number of aromatic nitrogens is 2. The van der Waals surface area contributed by atoms with Gasteiger partial charge in [0.05, 0.1) is 13.3 Å². The lowest BCUT2D eigenvalue weighted by Gasteiger charge is -2.12. The van der Waals surface area contributed by atoms with Crippen molar-refractivity contribution in [2.24, 2.45) is 5.73 Å². The van der Waals surface area contributed by atoms with E-state index in [1.54, 1.807) is 7.11 Å². The van der Waals surface area contributed by atoms with Gasteiger partial charge in [-0.1, -0.05) is 25.1 Å². The van der Waals surface area contributed by atoms with Crippen LogP contribution in [0.25, 0.3) is 0 Å². The van der Waals surface area contributed by atoms with Gasteiger partial charge in [0.15, 0.2) is 0 Å². The molecule has 19 heavy (non-hydrogen) atoms. The van der Waals surface area contributed by atoms with Crippen LogP contribution in [-0.2, 0) is 13.0 Å². The van der Waals surface area contributed by atoms with Crippen molar-refractivity contribution >= 4 is 0 Å². The molecule has 0 aliphatic heterocycles. The quantitative estimate of drug-likeness (QED) is 0.867. The lowest BCUT2D eigenvalue weighted by atomic mass is 10.0. The van der Waals surface area contributed by atoms with Crippen molar-refractivity contribution in [1.29, 1.82) is 0 Å². The highest BCUT2D eigenvalue weighted by atomic mass is 16.5. The Labute approximate surface area is 114 Å². The predicted molar refractivity (Wildman–Crippen MR) is 76.1 cm³/mol. The Morgan fingerprint density at radius 3 is 2.89 bits per heavy atom. The fraction of sp³-hybridized carbons (Fsp3) is 0.400. The summed E-state index contributed by atoms with van der Waals surface area (Å²) < 4.78 is 7.29. The van der Waals surface area contributed by atoms with Crippen LogP contribution in [0.3, 0.4) is 0 Å². The Hall–Kier alpha value is -1.81. The molecular formula is C15H21N3O. The van der Waals surface area contributed by atoms with Crippen LogP contribution < -0.4 is 10.5 Å². The molecule has 0 aliphatic carbocycles. The van der Waals surface area contributed by atoms with Crippen molar-refractivity contribution in [1.82, 2.24) is 9.78 Å². The summed E-state index contributed by atoms with van der Waals surface area (Å²) >= 11 is 0. The number of hydrogen-bond acceptors (Lipinski definition) is 3. The normalized spacial score (nSPS) is 12.4. The largest absolute Gasteiger partial charge is 0.496 e. The average molecular weight is 259 g/mol. The molecular weight excluding hydrogens is 238 g/mol. The molecule has 4 heteroatoms. The first-order valence-corrected chi connectivity index (χ1v) is 6.64. The molecule has 0 saturated heterocycles. The minimum absolute atomic E-state index is 0.0538. The lowest BCUT2D eigenvalue weighted by Crippen LogP contribution is -2.13. The van der Waals surface area contributed by atoms with E-state index >= 15 is 0 Å². The average Bonchev–Trinajstić information content (AvgIpc) is 2.88. The molecule has 0 aliphatic rings. The van der Waals surface area contributed by atoms with E-state index in [2.05, 4.69) is 18.1 Å². The molecule has 102 valence electrons. The molecule has 1 unspecified atom stereocenters. The van der Waals surface area contributed by atoms with Crippen LogP contribution in [-0.4, -0.2) is 16.9 Å². The number of hydrogen-bond donors (Lipinski definition) is 1. The van der Waals surface area contributed by atoms with E-state index in [0.717, 1.165) is 36.3 Å². The maximum Gasteiger partial charge on any atom is 0.122 e. The summed E-state index contributed by atoms with van der Waals surface area (Å²) in [6.45, 7) is 3.07. The summed E-state index contributed by atoms with van der Waals surface area (Å²) in [5, 5.41) is 4.32. The van der Waals surface area contributed by atoms with E-state index in [0.29, 0.717) is 0 Å². The highest BCUT2D eigenvalue weighted by Crippen LogP contribution is 2.23. The van der Waals surface area contributed by atoms with Crippen LogP contribution in [0.4, 0.5) is 0 Å². The second-order valence-electron chi connectivity index (χ2n) is 4.66. The first-order chi connectivity index (χ1) is 9.24. The molecule has 0 saturated carbocycles. The highest BCUT2D eigenvalue weighted by molar-refractivity contribution is 5.34. The molecule has 4 nitrogen and oxygen atoms in total. The molecule has 1 aromatic carbocycles. The third kappa shape index (κ3) is 3.35. The minimum Gasteiger partial charge on any atom is -0.496 e. The van der Waals surface area contributed by atoms with E-state index in [4.69, 9.17) is 10.5 Å². The van der Waals surface area contributed by atoms with Gasteiger partial charge in [-0.05, 0) is 24.5 Å². The van der Waals surface area contributed by atoms with Crippen LogP contribution >= 0.6 is 0 Å². The van der Waals surface area contributed by atoms with Gasteiger partial charge in [-0.3, -0.25) is 4.68 Å². The summed E-state index contributed by atoms with van der Waals surface area (Å²) in [5.41, 5.74) is 8.45. The number of ether oxygens (including phenoxy) is 1. The van der Waals surface area contributed by atoms with Crippen LogP contribution in [0, 0.1) is 0 Å². The van der Waals surface area contributed by atoms with Gasteiger partial charge < -0.3 is 10.5 Å². The Bertz CT molecular complexity index is 522. The molecule has 2 N–H and O–H groups in total. The van der Waals surface area contributed by atoms with Crippen LogP contribution in [0.2, 0.25) is 0 Å². The predicted octanol–water partition coefficient (Wildman–Crippen LogP) is 2.54. The van der Waals surface area contributed by atoms with E-state index < -0.39 is 0 Å². The van der Waals surface area contributed by atoms with Gasteiger partial charge in [-0.15, -0.1) is 0 Å². The van der Waals surface area contributed by atoms with Crippen molar-refractivity contribution in [3.63, 3.8) is 0 Å². The van der Waals surface area contributed by atoms with Crippen molar-refractivity contribution in [3.8, 4) is 5.75 Å². The lowest BCUT2D eigenvalue weighted by molar-refractivity contribution is 0.408. The van der Waals surface area contributed by atoms with Crippen molar-refractivity contribution < 1.29 is 4.74 Å². The third-order valence-electron chi connectivity index (χ3n) is 3.17. The van der Waals surface area contributed by atoms with E-state index in [1.165, 1.54) is 0 Å². The van der Waals surface area contributed by atoms with Gasteiger partial charge in [0.25, 0.3) is 0 Å². The molecule has 0 fully saturated rings. The smallest absolute Gasteiger partial charge is 0.122 e. The molecule has 2 rings (SSSR count). The number of para-hydroxylation sites is 1. The zero-order chi connectivity index (χ0) is 13.7. The second kappa shape index (κ2) is 6.38. The maximum absolute atomic E-state index is 6.25. The zero-order valence-corrected chi connectivity index (χ0v) is 11.5. The number of benzene rings is 1. The third-order valence-corrected chi connectivity index (χ3v) is 3.17. The SMILES string of the molecule is CCCn1cc(C(N)Cc2ccccc2OC)cn1. The summed E-state index contributed by atoms with van der Waals surface area (Å²) in [4.78, 5) is 0. The minimum atomic E-state index is -0.0538. The van der Waals surface area contributed by atoms with Gasteiger partial charge in [0.2, 0.25) is 0 Å². The Balaban J connectivity index is 2.09. The van der Waals surface area contributed by atoms with Crippen LogP contribution in [0.5, 0.6) is 5.75 Å². The molecule has 0 amide bonds. The van der Waals surface area contributed by atoms with Gasteiger partial charge in [-0.2, -0.15) is 5.10 Å². The van der Waals surface area contributed by atoms with E-state index in [9.17, 15) is 0 Å². The summed E-state index contributed by atoms with van der Waals surface area (Å²) in [5.74, 6) is 0.888. The Kier molecular flexibility index (Phi) is 4.58. The van der Waals surface area contributed by atoms with E-state index in [-0.39, 0.29) is 6.04 Å². The van der Waals surface area contributed by atoms with Crippen LogP contribution in [0.1, 0.15) is 30.5 Å². The van der Waals surface area contributed by atoms with Crippen molar-refractivity contribution in [2.75, 3.05) is 7.11 Å². The standard InChI is InChI=1S/C15H21N3O/c1-3-8-18-11-13(10-17-18)14(16)9-12-6-4-5-7-15(12)19-2/h4-7,10-11,14H,3,8-9,16H2,1-2H3. The molecule has 0 bridgehead atoms. The number of aryl methyl sites for hydroxylation is 1. The van der Waals surface area contributed by atoms with Crippen LogP contribution in [0.15, 0.2) is 36.7 Å². The first kappa shape index (κ1) is 13.6. The molecule has 1 heterocycles. The number of nitrogens with zero attached hydrogens (tertiary/aromatic N) is 2. The number of nitrogens with two attached hydrogens (primary N) is 1. The molecule has 0 radical (unpaired) electrons. The van der Waals surface area contributed by atoms with Crippen molar-refractivity contribution in [2.45, 2.75) is 32.4 Å². The maximum atomic E-state index is 6.25. The molecule has 0 spiro atoms. The number of rotatable bonds is 6. The summed E-state index contributed by atoms with van der Waals surface area (Å²) in [6, 6.07) is 7.93. The van der Waals surface area contributed by atoms with Gasteiger partial charge in [-0.25, -0.2) is 0 Å². The van der Waals surface area contributed by atoms with Gasteiger partial charge >= 0.3 is 0 Å². The summed E-state index contributed by atoms with van der Waals surface area (Å²) in [6.07, 6.45) is 5.71. The number of methoxy groups -OCH3 is 1.